The normalized spacial score (nSPS) is 9.79. The number of hydrogen-bond donors (Lipinski definition) is 3. The Hall–Kier alpha value is -4.05. The number of carbonyl (C=O) groups excluding carboxylic acids is 1. The van der Waals surface area contributed by atoms with Gasteiger partial charge < -0.3 is 16.5 Å². The third kappa shape index (κ3) is 5.23. The predicted molar refractivity (Wildman–Crippen MR) is 123 cm³/mol. The van der Waals surface area contributed by atoms with Gasteiger partial charge in [0.05, 0.1) is 11.4 Å². The lowest BCUT2D eigenvalue weighted by Gasteiger charge is -1.94. The van der Waals surface area contributed by atoms with Gasteiger partial charge in [0.2, 0.25) is 0 Å². The highest BCUT2D eigenvalue weighted by molar-refractivity contribution is 6.06. The van der Waals surface area contributed by atoms with Gasteiger partial charge in [-0.2, -0.15) is 0 Å². The minimum atomic E-state index is 0.646. The average Bonchev–Trinajstić information content (AvgIpc) is 3.16. The van der Waals surface area contributed by atoms with E-state index in [4.69, 9.17) is 11.5 Å². The number of hydrogen-bond acceptors (Lipinski definition) is 3. The minimum Gasteiger partial charge on any atom is -0.397 e. The van der Waals surface area contributed by atoms with E-state index in [9.17, 15) is 4.79 Å². The molecule has 4 heteroatoms. The summed E-state index contributed by atoms with van der Waals surface area (Å²) in [5.74, 6) is 0. The van der Waals surface area contributed by atoms with E-state index in [0.29, 0.717) is 11.4 Å². The van der Waals surface area contributed by atoms with Gasteiger partial charge in [-0.3, -0.25) is 4.79 Å². The fourth-order valence-corrected chi connectivity index (χ4v) is 2.84. The summed E-state index contributed by atoms with van der Waals surface area (Å²) in [4.78, 5) is 13.4. The van der Waals surface area contributed by atoms with E-state index in [-0.39, 0.29) is 0 Å². The minimum absolute atomic E-state index is 0.646. The van der Waals surface area contributed by atoms with Crippen LogP contribution in [0, 0.1) is 0 Å². The Kier molecular flexibility index (Phi) is 6.63. The van der Waals surface area contributed by atoms with E-state index < -0.39 is 0 Å². The quantitative estimate of drug-likeness (QED) is 0.258. The van der Waals surface area contributed by atoms with Gasteiger partial charge in [-0.15, -0.1) is 0 Å². The summed E-state index contributed by atoms with van der Waals surface area (Å²) in [6.45, 7) is 0. The molecule has 5 aromatic rings. The van der Waals surface area contributed by atoms with Gasteiger partial charge in [-0.1, -0.05) is 78.9 Å². The van der Waals surface area contributed by atoms with Gasteiger partial charge in [-0.05, 0) is 24.3 Å². The molecule has 0 fully saturated rings. The molecule has 4 aromatic carbocycles. The molecule has 0 saturated carbocycles. The summed E-state index contributed by atoms with van der Waals surface area (Å²) in [5.41, 5.74) is 15.2. The topological polar surface area (TPSA) is 84.9 Å². The summed E-state index contributed by atoms with van der Waals surface area (Å²) in [7, 11) is 0. The van der Waals surface area contributed by atoms with E-state index in [1.165, 1.54) is 21.8 Å². The summed E-state index contributed by atoms with van der Waals surface area (Å²) in [5, 5.41) is 2.61. The highest BCUT2D eigenvalue weighted by Gasteiger charge is 2.00. The summed E-state index contributed by atoms with van der Waals surface area (Å²) in [6, 6.07) is 33.1. The number of aldehydes is 1. The molecule has 0 bridgehead atoms. The van der Waals surface area contributed by atoms with Gasteiger partial charge in [0.1, 0.15) is 6.29 Å². The number of nitrogen functional groups attached to an aromatic ring is 2. The maximum absolute atomic E-state index is 10.0. The van der Waals surface area contributed by atoms with Gasteiger partial charge in [0, 0.05) is 27.4 Å². The molecule has 1 aromatic heterocycles. The Bertz CT molecular complexity index is 1130. The second-order valence-corrected chi connectivity index (χ2v) is 6.37. The largest absolute Gasteiger partial charge is 0.397 e. The van der Waals surface area contributed by atoms with Gasteiger partial charge >= 0.3 is 0 Å². The predicted octanol–water partition coefficient (Wildman–Crippen LogP) is 5.67. The molecule has 0 atom stereocenters. The zero-order valence-electron chi connectivity index (χ0n) is 16.0. The van der Waals surface area contributed by atoms with Crippen molar-refractivity contribution in [1.29, 1.82) is 0 Å². The van der Waals surface area contributed by atoms with Crippen LogP contribution in [0.2, 0.25) is 0 Å². The molecule has 0 saturated heterocycles. The van der Waals surface area contributed by atoms with Gasteiger partial charge in [0.25, 0.3) is 0 Å². The van der Waals surface area contributed by atoms with Crippen molar-refractivity contribution in [1.82, 2.24) is 4.98 Å². The molecule has 29 heavy (non-hydrogen) atoms. The lowest BCUT2D eigenvalue weighted by molar-refractivity contribution is 0.112. The molecule has 5 rings (SSSR count). The van der Waals surface area contributed by atoms with Crippen LogP contribution in [0.1, 0.15) is 10.4 Å². The zero-order chi connectivity index (χ0) is 20.5. The third-order valence-corrected chi connectivity index (χ3v) is 4.35. The molecular weight excluding hydrogens is 358 g/mol. The van der Waals surface area contributed by atoms with Gasteiger partial charge in [-0.25, -0.2) is 0 Å². The number of fused-ring (bicyclic) bond motifs is 3. The van der Waals surface area contributed by atoms with Crippen LogP contribution in [-0.4, -0.2) is 11.3 Å². The van der Waals surface area contributed by atoms with Crippen molar-refractivity contribution in [2.24, 2.45) is 0 Å². The Balaban J connectivity index is 0.000000132. The molecule has 1 heterocycles. The standard InChI is InChI=1S/C12H9N.C7H6O.C6H8N2/c1-3-7-11-9(5-1)10-6-2-4-8-12(10)13-11;8-6-7-4-2-1-3-5-7;7-5-3-1-2-4-6(5)8/h1-8,13H;1-6H;1-4H,7-8H2. The van der Waals surface area contributed by atoms with Crippen molar-refractivity contribution in [3.8, 4) is 0 Å². The Morgan fingerprint density at radius 1 is 0.552 bits per heavy atom. The van der Waals surface area contributed by atoms with Crippen LogP contribution in [0.4, 0.5) is 11.4 Å². The van der Waals surface area contributed by atoms with Crippen LogP contribution in [0.5, 0.6) is 0 Å². The van der Waals surface area contributed by atoms with Crippen molar-refractivity contribution < 1.29 is 4.79 Å². The van der Waals surface area contributed by atoms with Crippen LogP contribution in [0.15, 0.2) is 103 Å². The first-order valence-corrected chi connectivity index (χ1v) is 9.24. The summed E-state index contributed by atoms with van der Waals surface area (Å²) >= 11 is 0. The fourth-order valence-electron chi connectivity index (χ4n) is 2.84. The summed E-state index contributed by atoms with van der Waals surface area (Å²) in [6.07, 6.45) is 0.833. The highest BCUT2D eigenvalue weighted by atomic mass is 16.1. The number of para-hydroxylation sites is 4. The molecular formula is C25H23N3O. The van der Waals surface area contributed by atoms with Crippen LogP contribution in [0.25, 0.3) is 21.8 Å². The van der Waals surface area contributed by atoms with Crippen LogP contribution >= 0.6 is 0 Å². The maximum atomic E-state index is 10.0. The van der Waals surface area contributed by atoms with Crippen LogP contribution < -0.4 is 11.5 Å². The Labute approximate surface area is 169 Å². The second kappa shape index (κ2) is 9.76. The van der Waals surface area contributed by atoms with Crippen molar-refractivity contribution in [2.75, 3.05) is 11.5 Å². The first-order chi connectivity index (χ1) is 14.2. The number of nitrogens with two attached hydrogens (primary N) is 2. The van der Waals surface area contributed by atoms with E-state index in [0.717, 1.165) is 11.8 Å². The smallest absolute Gasteiger partial charge is 0.150 e. The number of rotatable bonds is 1. The van der Waals surface area contributed by atoms with Crippen molar-refractivity contribution >= 4 is 39.5 Å². The number of anilines is 2. The first-order valence-electron chi connectivity index (χ1n) is 9.24. The fraction of sp³-hybridized carbons (Fsp3) is 0. The number of carbonyl (C=O) groups is 1. The molecule has 0 spiro atoms. The van der Waals surface area contributed by atoms with Crippen molar-refractivity contribution in [2.45, 2.75) is 0 Å². The molecule has 0 amide bonds. The lowest BCUT2D eigenvalue weighted by Crippen LogP contribution is -1.91. The number of aromatic amines is 1. The molecule has 0 radical (unpaired) electrons. The third-order valence-electron chi connectivity index (χ3n) is 4.35. The SMILES string of the molecule is Nc1ccccc1N.O=Cc1ccccc1.c1ccc2c(c1)[nH]c1ccccc12. The second-order valence-electron chi connectivity index (χ2n) is 6.37. The zero-order valence-corrected chi connectivity index (χ0v) is 16.0. The van der Waals surface area contributed by atoms with E-state index in [2.05, 4.69) is 53.5 Å². The summed E-state index contributed by atoms with van der Waals surface area (Å²) < 4.78 is 0. The molecule has 5 N–H and O–H groups in total. The van der Waals surface area contributed by atoms with Crippen molar-refractivity contribution in [3.63, 3.8) is 0 Å². The maximum Gasteiger partial charge on any atom is 0.150 e. The first kappa shape index (κ1) is 19.7. The Morgan fingerprint density at radius 3 is 1.38 bits per heavy atom. The van der Waals surface area contributed by atoms with E-state index >= 15 is 0 Å². The number of nitrogens with one attached hydrogen (secondary N) is 1. The lowest BCUT2D eigenvalue weighted by atomic mass is 10.2. The molecule has 0 aliphatic heterocycles. The number of benzene rings is 4. The van der Waals surface area contributed by atoms with E-state index in [1.54, 1.807) is 24.3 Å². The monoisotopic (exact) mass is 381 g/mol. The highest BCUT2D eigenvalue weighted by Crippen LogP contribution is 2.24. The number of H-pyrrole nitrogens is 1. The molecule has 4 nitrogen and oxygen atoms in total. The molecule has 0 unspecified atom stereocenters. The van der Waals surface area contributed by atoms with E-state index in [1.807, 2.05) is 30.3 Å². The van der Waals surface area contributed by atoms with Crippen molar-refractivity contribution in [3.05, 3.63) is 109 Å². The van der Waals surface area contributed by atoms with Gasteiger partial charge in [0.15, 0.2) is 0 Å². The average molecular weight is 381 g/mol. The van der Waals surface area contributed by atoms with Crippen LogP contribution in [-0.2, 0) is 0 Å². The van der Waals surface area contributed by atoms with Crippen LogP contribution in [0.3, 0.4) is 0 Å². The molecule has 144 valence electrons. The Morgan fingerprint density at radius 2 is 0.966 bits per heavy atom. The molecule has 0 aliphatic rings. The molecule has 0 aliphatic carbocycles. The number of aromatic nitrogens is 1.